The molecule has 0 spiro atoms. The predicted octanol–water partition coefficient (Wildman–Crippen LogP) is 4.36. The highest BCUT2D eigenvalue weighted by Gasteiger charge is 2.25. The molecule has 0 saturated heterocycles. The summed E-state index contributed by atoms with van der Waals surface area (Å²) in [5, 5.41) is 1.72. The minimum atomic E-state index is -2.78. The second-order valence-corrected chi connectivity index (χ2v) is 8.47. The molecule has 2 nitrogen and oxygen atoms in total. The third-order valence-corrected chi connectivity index (χ3v) is 6.88. The van der Waals surface area contributed by atoms with Crippen LogP contribution in [0.2, 0.25) is 0 Å². The number of nitrogens with zero attached hydrogens (tertiary/aromatic N) is 1. The maximum absolute atomic E-state index is 13.7. The molecule has 0 radical (unpaired) electrons. The molecule has 0 aromatic heterocycles. The molecule has 0 unspecified atom stereocenters. The van der Waals surface area contributed by atoms with E-state index >= 15 is 0 Å². The van der Waals surface area contributed by atoms with E-state index in [4.69, 9.17) is 4.99 Å². The summed E-state index contributed by atoms with van der Waals surface area (Å²) in [5.74, 6) is 1.76. The van der Waals surface area contributed by atoms with Gasteiger partial charge in [-0.2, -0.15) is 0 Å². The third-order valence-electron chi connectivity index (χ3n) is 4.29. The Kier molecular flexibility index (Phi) is 4.90. The van der Waals surface area contributed by atoms with Crippen LogP contribution in [0.5, 0.6) is 0 Å². The number of rotatable bonds is 4. The van der Waals surface area contributed by atoms with Gasteiger partial charge in [0.25, 0.3) is 0 Å². The van der Waals surface area contributed by atoms with E-state index in [1.54, 1.807) is 5.96 Å². The van der Waals surface area contributed by atoms with Gasteiger partial charge in [-0.15, -0.1) is 0 Å². The lowest BCUT2D eigenvalue weighted by Crippen LogP contribution is -2.18. The molecule has 2 aromatic carbocycles. The number of benzene rings is 2. The Morgan fingerprint density at radius 2 is 1.32 bits per heavy atom. The van der Waals surface area contributed by atoms with Gasteiger partial charge >= 0.3 is 0 Å². The molecule has 0 aliphatic heterocycles. The summed E-state index contributed by atoms with van der Waals surface area (Å²) in [6.07, 6.45) is 6.03. The Labute approximate surface area is 132 Å². The molecule has 2 aromatic rings. The summed E-state index contributed by atoms with van der Waals surface area (Å²) >= 11 is 0. The second kappa shape index (κ2) is 7.07. The highest BCUT2D eigenvalue weighted by atomic mass is 31.2. The van der Waals surface area contributed by atoms with E-state index < -0.39 is 7.14 Å². The van der Waals surface area contributed by atoms with Gasteiger partial charge in [0, 0.05) is 10.6 Å². The van der Waals surface area contributed by atoms with E-state index in [9.17, 15) is 4.57 Å². The molecule has 0 bridgehead atoms. The maximum Gasteiger partial charge on any atom is 0.181 e. The Hall–Kier alpha value is -1.66. The van der Waals surface area contributed by atoms with E-state index in [1.807, 2.05) is 60.7 Å². The minimum absolute atomic E-state index is 0.342. The molecule has 114 valence electrons. The molecule has 3 heteroatoms. The first-order valence-electron chi connectivity index (χ1n) is 8.04. The highest BCUT2D eigenvalue weighted by Crippen LogP contribution is 2.40. The molecule has 1 aliphatic rings. The summed E-state index contributed by atoms with van der Waals surface area (Å²) in [5.41, 5.74) is 0. The van der Waals surface area contributed by atoms with E-state index in [0.717, 1.165) is 23.5 Å². The fourth-order valence-electron chi connectivity index (χ4n) is 3.00. The van der Waals surface area contributed by atoms with Crippen LogP contribution in [0.25, 0.3) is 0 Å². The van der Waals surface area contributed by atoms with Gasteiger partial charge < -0.3 is 4.57 Å². The molecule has 0 N–H and O–H groups in total. The zero-order valence-electron chi connectivity index (χ0n) is 12.8. The van der Waals surface area contributed by atoms with Crippen LogP contribution in [-0.4, -0.2) is 12.0 Å². The van der Waals surface area contributed by atoms with Crippen LogP contribution >= 0.6 is 7.14 Å². The molecule has 0 atom stereocenters. The third kappa shape index (κ3) is 3.39. The van der Waals surface area contributed by atoms with Gasteiger partial charge in [-0.3, -0.25) is 4.99 Å². The van der Waals surface area contributed by atoms with E-state index in [1.165, 1.54) is 19.3 Å². The zero-order valence-corrected chi connectivity index (χ0v) is 13.7. The molecular formula is C19H22NOP. The summed E-state index contributed by atoms with van der Waals surface area (Å²) in [4.78, 5) is 4.72. The smallest absolute Gasteiger partial charge is 0.181 e. The molecule has 0 amide bonds. The molecule has 0 heterocycles. The van der Waals surface area contributed by atoms with Gasteiger partial charge in [0.05, 0.1) is 12.0 Å². The molecule has 3 rings (SSSR count). The normalized spacial score (nSPS) is 16.9. The summed E-state index contributed by atoms with van der Waals surface area (Å²) in [6, 6.07) is 19.8. The summed E-state index contributed by atoms with van der Waals surface area (Å²) in [6.45, 7) is 0. The largest absolute Gasteiger partial charge is 0.308 e. The van der Waals surface area contributed by atoms with Crippen LogP contribution in [0.3, 0.4) is 0 Å². The number of hydrogen-bond acceptors (Lipinski definition) is 2. The van der Waals surface area contributed by atoms with Crippen molar-refractivity contribution in [3.05, 3.63) is 60.7 Å². The van der Waals surface area contributed by atoms with Gasteiger partial charge in [0.15, 0.2) is 7.14 Å². The second-order valence-electron chi connectivity index (χ2n) is 5.89. The molecule has 1 saturated carbocycles. The van der Waals surface area contributed by atoms with Crippen molar-refractivity contribution in [3.63, 3.8) is 0 Å². The Morgan fingerprint density at radius 1 is 0.818 bits per heavy atom. The average molecular weight is 311 g/mol. The van der Waals surface area contributed by atoms with Crippen LogP contribution in [0.1, 0.15) is 32.1 Å². The van der Waals surface area contributed by atoms with Crippen molar-refractivity contribution in [2.75, 3.05) is 0 Å². The van der Waals surface area contributed by atoms with E-state index in [2.05, 4.69) is 0 Å². The first-order chi connectivity index (χ1) is 10.8. The van der Waals surface area contributed by atoms with Crippen molar-refractivity contribution in [1.82, 2.24) is 0 Å². The zero-order chi connectivity index (χ0) is 15.3. The standard InChI is InChI=1S/C19H22NOP/c21-22(18-12-6-2-7-13-18,19-14-8-3-9-15-19)16-20-17-10-4-1-5-11-17/h2-3,6-9,12-17H,1,4-5,10-11H2. The average Bonchev–Trinajstić information content (AvgIpc) is 2.62. The Morgan fingerprint density at radius 3 is 1.82 bits per heavy atom. The maximum atomic E-state index is 13.7. The van der Waals surface area contributed by atoms with Crippen molar-refractivity contribution in [2.24, 2.45) is 4.99 Å². The Bertz CT molecular complexity index is 617. The fourth-order valence-corrected chi connectivity index (χ4v) is 5.17. The molecule has 1 fully saturated rings. The van der Waals surface area contributed by atoms with Crippen molar-refractivity contribution < 1.29 is 4.57 Å². The fraction of sp³-hybridized carbons (Fsp3) is 0.316. The van der Waals surface area contributed by atoms with Crippen LogP contribution in [-0.2, 0) is 4.57 Å². The van der Waals surface area contributed by atoms with Crippen molar-refractivity contribution >= 4 is 23.7 Å². The first kappa shape index (κ1) is 15.2. The van der Waals surface area contributed by atoms with E-state index in [-0.39, 0.29) is 0 Å². The van der Waals surface area contributed by atoms with Crippen molar-refractivity contribution in [1.29, 1.82) is 0 Å². The monoisotopic (exact) mass is 311 g/mol. The molecule has 1 aliphatic carbocycles. The lowest BCUT2D eigenvalue weighted by Gasteiger charge is -2.19. The molecule has 22 heavy (non-hydrogen) atoms. The SMILES string of the molecule is O=P(C=NC1CCCCC1)(c1ccccc1)c1ccccc1. The van der Waals surface area contributed by atoms with Gasteiger partial charge in [0.2, 0.25) is 0 Å². The van der Waals surface area contributed by atoms with Crippen LogP contribution in [0, 0.1) is 0 Å². The quantitative estimate of drug-likeness (QED) is 0.609. The van der Waals surface area contributed by atoms with Crippen LogP contribution < -0.4 is 10.6 Å². The lowest BCUT2D eigenvalue weighted by atomic mass is 9.96. The molecular weight excluding hydrogens is 289 g/mol. The highest BCUT2D eigenvalue weighted by molar-refractivity contribution is 7.91. The summed E-state index contributed by atoms with van der Waals surface area (Å²) in [7, 11) is -2.78. The van der Waals surface area contributed by atoms with Crippen molar-refractivity contribution in [2.45, 2.75) is 38.1 Å². The number of aliphatic imine (C=N–C) groups is 1. The van der Waals surface area contributed by atoms with Crippen molar-refractivity contribution in [3.8, 4) is 0 Å². The predicted molar refractivity (Wildman–Crippen MR) is 95.1 cm³/mol. The van der Waals surface area contributed by atoms with Crippen LogP contribution in [0.4, 0.5) is 0 Å². The Balaban J connectivity index is 1.96. The van der Waals surface area contributed by atoms with Gasteiger partial charge in [-0.1, -0.05) is 79.9 Å². The lowest BCUT2D eigenvalue weighted by molar-refractivity contribution is 0.444. The van der Waals surface area contributed by atoms with E-state index in [0.29, 0.717) is 6.04 Å². The van der Waals surface area contributed by atoms with Crippen LogP contribution in [0.15, 0.2) is 65.7 Å². The topological polar surface area (TPSA) is 29.4 Å². The van der Waals surface area contributed by atoms with Gasteiger partial charge in [-0.05, 0) is 12.8 Å². The summed E-state index contributed by atoms with van der Waals surface area (Å²) < 4.78 is 13.7. The minimum Gasteiger partial charge on any atom is -0.308 e. The number of hydrogen-bond donors (Lipinski definition) is 0. The van der Waals surface area contributed by atoms with Gasteiger partial charge in [-0.25, -0.2) is 0 Å². The van der Waals surface area contributed by atoms with Gasteiger partial charge in [0.1, 0.15) is 0 Å². The first-order valence-corrected chi connectivity index (χ1v) is 9.82.